The number of rotatable bonds is 2. The van der Waals surface area contributed by atoms with Crippen LogP contribution in [0.3, 0.4) is 0 Å². The van der Waals surface area contributed by atoms with Gasteiger partial charge in [-0.25, -0.2) is 0 Å². The Morgan fingerprint density at radius 3 is 3.04 bits per heavy atom. The van der Waals surface area contributed by atoms with Gasteiger partial charge in [-0.3, -0.25) is 4.68 Å². The second-order valence-corrected chi connectivity index (χ2v) is 6.37. The van der Waals surface area contributed by atoms with Crippen molar-refractivity contribution in [1.29, 1.82) is 5.26 Å². The minimum atomic E-state index is 0.289. The molecule has 1 fully saturated rings. The van der Waals surface area contributed by atoms with Gasteiger partial charge in [0.15, 0.2) is 5.82 Å². The fraction of sp³-hybridized carbons (Fsp3) is 0.500. The van der Waals surface area contributed by atoms with E-state index < -0.39 is 0 Å². The summed E-state index contributed by atoms with van der Waals surface area (Å²) in [4.78, 5) is 4.58. The van der Waals surface area contributed by atoms with E-state index in [0.717, 1.165) is 50.5 Å². The lowest BCUT2D eigenvalue weighted by Crippen LogP contribution is -2.29. The highest BCUT2D eigenvalue weighted by Crippen LogP contribution is 2.27. The normalized spacial score (nSPS) is 21.2. The summed E-state index contributed by atoms with van der Waals surface area (Å²) in [6.07, 6.45) is 5.43. The molecule has 4 heterocycles. The summed E-state index contributed by atoms with van der Waals surface area (Å²) >= 11 is 0. The monoisotopic (exact) mass is 309 g/mol. The molecule has 0 radical (unpaired) electrons. The molecule has 4 rings (SSSR count). The number of nitriles is 1. The zero-order valence-corrected chi connectivity index (χ0v) is 13.2. The lowest BCUT2D eigenvalue weighted by molar-refractivity contribution is 0.308. The van der Waals surface area contributed by atoms with Crippen LogP contribution in [0.1, 0.15) is 29.3 Å². The van der Waals surface area contributed by atoms with Crippen LogP contribution in [0.5, 0.6) is 0 Å². The van der Waals surface area contributed by atoms with Gasteiger partial charge in [-0.05, 0) is 25.1 Å². The Labute approximate surface area is 135 Å². The van der Waals surface area contributed by atoms with Crippen LogP contribution in [0, 0.1) is 11.3 Å². The third kappa shape index (κ3) is 2.66. The second-order valence-electron chi connectivity index (χ2n) is 6.37. The first-order valence-electron chi connectivity index (χ1n) is 7.96. The first-order valence-corrected chi connectivity index (χ1v) is 7.96. The molecule has 1 unspecified atom stereocenters. The number of nitrogens with zero attached hydrogens (tertiary/aromatic N) is 7. The minimum Gasteiger partial charge on any atom is -0.353 e. The Kier molecular flexibility index (Phi) is 3.46. The van der Waals surface area contributed by atoms with E-state index in [1.165, 1.54) is 5.56 Å². The highest BCUT2D eigenvalue weighted by atomic mass is 15.3. The highest BCUT2D eigenvalue weighted by Gasteiger charge is 2.27. The summed E-state index contributed by atoms with van der Waals surface area (Å²) < 4.78 is 1.90. The lowest BCUT2D eigenvalue weighted by atomic mass is 10.1. The zero-order chi connectivity index (χ0) is 15.8. The summed E-state index contributed by atoms with van der Waals surface area (Å²) in [7, 11) is 2.14. The van der Waals surface area contributed by atoms with Crippen molar-refractivity contribution in [2.24, 2.45) is 0 Å². The first-order chi connectivity index (χ1) is 11.2. The molecule has 23 heavy (non-hydrogen) atoms. The molecule has 2 aromatic rings. The predicted molar refractivity (Wildman–Crippen MR) is 84.9 cm³/mol. The maximum Gasteiger partial charge on any atom is 0.151 e. The van der Waals surface area contributed by atoms with Crippen molar-refractivity contribution in [3.8, 4) is 6.07 Å². The fourth-order valence-corrected chi connectivity index (χ4v) is 3.37. The summed E-state index contributed by atoms with van der Waals surface area (Å²) in [5.41, 5.74) is 3.03. The molecule has 7 nitrogen and oxygen atoms in total. The smallest absolute Gasteiger partial charge is 0.151 e. The van der Waals surface area contributed by atoms with E-state index in [2.05, 4.69) is 44.3 Å². The number of hydrogen-bond acceptors (Lipinski definition) is 6. The van der Waals surface area contributed by atoms with E-state index in [1.807, 2.05) is 10.9 Å². The molecular weight excluding hydrogens is 290 g/mol. The lowest BCUT2D eigenvalue weighted by Gasteiger charge is -2.25. The van der Waals surface area contributed by atoms with E-state index >= 15 is 0 Å². The molecule has 2 aliphatic rings. The standard InChI is InChI=1S/C16H19N7/c1-21-4-3-15-13(10-21)6-16(20-19-15)22-5-2-14(11-22)23-9-12(7-17)8-18-23/h6,8-9,14H,2-5,10-11H2,1H3. The molecule has 0 aromatic carbocycles. The van der Waals surface area contributed by atoms with Crippen molar-refractivity contribution >= 4 is 5.82 Å². The topological polar surface area (TPSA) is 73.9 Å². The van der Waals surface area contributed by atoms with E-state index in [0.29, 0.717) is 5.56 Å². The van der Waals surface area contributed by atoms with Gasteiger partial charge in [0, 0.05) is 38.8 Å². The first kappa shape index (κ1) is 14.2. The molecule has 0 saturated carbocycles. The van der Waals surface area contributed by atoms with Crippen LogP contribution in [0.2, 0.25) is 0 Å². The maximum atomic E-state index is 8.92. The molecule has 118 valence electrons. The Morgan fingerprint density at radius 2 is 2.22 bits per heavy atom. The van der Waals surface area contributed by atoms with Crippen LogP contribution in [0.4, 0.5) is 5.82 Å². The number of anilines is 1. The second kappa shape index (κ2) is 5.63. The van der Waals surface area contributed by atoms with E-state index in [4.69, 9.17) is 5.26 Å². The Morgan fingerprint density at radius 1 is 1.30 bits per heavy atom. The highest BCUT2D eigenvalue weighted by molar-refractivity contribution is 5.43. The van der Waals surface area contributed by atoms with Gasteiger partial charge >= 0.3 is 0 Å². The van der Waals surface area contributed by atoms with Crippen molar-refractivity contribution < 1.29 is 0 Å². The summed E-state index contributed by atoms with van der Waals surface area (Å²) in [5, 5.41) is 22.1. The molecule has 1 saturated heterocycles. The van der Waals surface area contributed by atoms with Crippen LogP contribution in [0.25, 0.3) is 0 Å². The quantitative estimate of drug-likeness (QED) is 0.823. The third-order valence-corrected chi connectivity index (χ3v) is 4.71. The third-order valence-electron chi connectivity index (χ3n) is 4.71. The molecule has 0 amide bonds. The van der Waals surface area contributed by atoms with Crippen molar-refractivity contribution in [3.63, 3.8) is 0 Å². The van der Waals surface area contributed by atoms with Gasteiger partial charge < -0.3 is 9.80 Å². The van der Waals surface area contributed by atoms with Crippen molar-refractivity contribution in [3.05, 3.63) is 35.3 Å². The van der Waals surface area contributed by atoms with Crippen LogP contribution in [-0.2, 0) is 13.0 Å². The summed E-state index contributed by atoms with van der Waals surface area (Å²) in [6.45, 7) is 3.79. The molecule has 2 aromatic heterocycles. The van der Waals surface area contributed by atoms with Gasteiger partial charge in [0.1, 0.15) is 6.07 Å². The van der Waals surface area contributed by atoms with Crippen molar-refractivity contribution in [1.82, 2.24) is 24.9 Å². The SMILES string of the molecule is CN1CCc2nnc(N3CCC(n4cc(C#N)cn4)C3)cc2C1. The number of hydrogen-bond donors (Lipinski definition) is 0. The van der Waals surface area contributed by atoms with Gasteiger partial charge in [0.2, 0.25) is 0 Å². The van der Waals surface area contributed by atoms with Gasteiger partial charge in [0.05, 0.1) is 23.5 Å². The molecule has 7 heteroatoms. The minimum absolute atomic E-state index is 0.289. The number of likely N-dealkylation sites (N-methyl/N-ethyl adjacent to an activating group) is 1. The average Bonchev–Trinajstić information content (AvgIpc) is 3.23. The molecule has 2 aliphatic heterocycles. The average molecular weight is 309 g/mol. The molecule has 0 spiro atoms. The largest absolute Gasteiger partial charge is 0.353 e. The predicted octanol–water partition coefficient (Wildman–Crippen LogP) is 0.984. The Bertz CT molecular complexity index is 760. The van der Waals surface area contributed by atoms with Gasteiger partial charge in [-0.15, -0.1) is 5.10 Å². The van der Waals surface area contributed by atoms with Crippen LogP contribution in [0.15, 0.2) is 18.5 Å². The fourth-order valence-electron chi connectivity index (χ4n) is 3.37. The van der Waals surface area contributed by atoms with E-state index in [-0.39, 0.29) is 6.04 Å². The van der Waals surface area contributed by atoms with Gasteiger partial charge in [-0.1, -0.05) is 0 Å². The Hall–Kier alpha value is -2.46. The van der Waals surface area contributed by atoms with Crippen LogP contribution < -0.4 is 4.90 Å². The summed E-state index contributed by atoms with van der Waals surface area (Å²) in [5.74, 6) is 0.953. The zero-order valence-electron chi connectivity index (χ0n) is 13.2. The summed E-state index contributed by atoms with van der Waals surface area (Å²) in [6, 6.07) is 4.60. The molecule has 1 atom stereocenters. The number of fused-ring (bicyclic) bond motifs is 1. The van der Waals surface area contributed by atoms with E-state index in [1.54, 1.807) is 6.20 Å². The molecule has 0 bridgehead atoms. The Balaban J connectivity index is 1.51. The molecule has 0 N–H and O–H groups in total. The number of aromatic nitrogens is 4. The van der Waals surface area contributed by atoms with E-state index in [9.17, 15) is 0 Å². The van der Waals surface area contributed by atoms with Gasteiger partial charge in [-0.2, -0.15) is 15.5 Å². The molecular formula is C16H19N7. The van der Waals surface area contributed by atoms with Crippen molar-refractivity contribution in [2.75, 3.05) is 31.6 Å². The maximum absolute atomic E-state index is 8.92. The van der Waals surface area contributed by atoms with Gasteiger partial charge in [0.25, 0.3) is 0 Å². The van der Waals surface area contributed by atoms with Crippen molar-refractivity contribution in [2.45, 2.75) is 25.4 Å². The van der Waals surface area contributed by atoms with Crippen LogP contribution >= 0.6 is 0 Å². The molecule has 0 aliphatic carbocycles. The van der Waals surface area contributed by atoms with Crippen LogP contribution in [-0.4, -0.2) is 51.6 Å².